The number of aromatic nitrogens is 4. The minimum absolute atomic E-state index is 0.0614. The van der Waals surface area contributed by atoms with E-state index in [0.29, 0.717) is 0 Å². The molecule has 2 atom stereocenters. The van der Waals surface area contributed by atoms with Crippen LogP contribution in [0.3, 0.4) is 0 Å². The van der Waals surface area contributed by atoms with E-state index in [1.807, 2.05) is 12.3 Å². The molecule has 3 rings (SSSR count). The Hall–Kier alpha value is -1.79. The lowest BCUT2D eigenvalue weighted by Gasteiger charge is -2.20. The Morgan fingerprint density at radius 2 is 2.41 bits per heavy atom. The number of pyridine rings is 1. The van der Waals surface area contributed by atoms with Gasteiger partial charge in [0.15, 0.2) is 0 Å². The Balaban J connectivity index is 1.95. The van der Waals surface area contributed by atoms with Crippen molar-refractivity contribution < 1.29 is 0 Å². The number of nitrogens with zero attached hydrogens (tertiary/aromatic N) is 3. The van der Waals surface area contributed by atoms with Gasteiger partial charge in [-0.3, -0.25) is 15.9 Å². The Morgan fingerprint density at radius 3 is 3.18 bits per heavy atom. The summed E-state index contributed by atoms with van der Waals surface area (Å²) in [4.78, 5) is 8.63. The van der Waals surface area contributed by atoms with E-state index >= 15 is 0 Å². The molecule has 2 aromatic heterocycles. The van der Waals surface area contributed by atoms with E-state index in [0.717, 1.165) is 24.4 Å². The van der Waals surface area contributed by atoms with Crippen LogP contribution in [0.15, 0.2) is 24.7 Å². The summed E-state index contributed by atoms with van der Waals surface area (Å²) in [6.07, 6.45) is 5.39. The fraction of sp³-hybridized carbons (Fsp3) is 0.364. The average Bonchev–Trinajstić information content (AvgIpc) is 3.01. The number of hydrogen-bond donors (Lipinski definition) is 3. The van der Waals surface area contributed by atoms with Gasteiger partial charge < -0.3 is 0 Å². The lowest BCUT2D eigenvalue weighted by atomic mass is 9.97. The number of nitrogens with one attached hydrogen (secondary N) is 2. The molecule has 0 aliphatic heterocycles. The van der Waals surface area contributed by atoms with Crippen LogP contribution in [0, 0.1) is 0 Å². The lowest BCUT2D eigenvalue weighted by molar-refractivity contribution is 0.428. The normalized spacial score (nSPS) is 20.2. The van der Waals surface area contributed by atoms with Crippen LogP contribution in [0.2, 0.25) is 0 Å². The molecule has 0 aromatic carbocycles. The van der Waals surface area contributed by atoms with Gasteiger partial charge >= 0.3 is 0 Å². The van der Waals surface area contributed by atoms with Gasteiger partial charge in [0, 0.05) is 17.8 Å². The highest BCUT2D eigenvalue weighted by atomic mass is 15.3. The predicted octanol–water partition coefficient (Wildman–Crippen LogP) is 0.434. The van der Waals surface area contributed by atoms with E-state index in [-0.39, 0.29) is 12.0 Å². The maximum Gasteiger partial charge on any atom is 0.143 e. The van der Waals surface area contributed by atoms with Crippen LogP contribution in [-0.2, 0) is 6.42 Å². The van der Waals surface area contributed by atoms with Crippen molar-refractivity contribution in [1.82, 2.24) is 25.6 Å². The SMILES string of the molecule is NNC(c1ncn[nH]1)C1CCc2cccnc21. The number of H-pyrrole nitrogens is 1. The molecular weight excluding hydrogens is 216 g/mol. The number of fused-ring (bicyclic) bond motifs is 1. The molecule has 2 aromatic rings. The number of aryl methyl sites for hydroxylation is 1. The number of nitrogens with two attached hydrogens (primary N) is 1. The van der Waals surface area contributed by atoms with Crippen LogP contribution in [0.1, 0.15) is 35.5 Å². The Labute approximate surface area is 98.6 Å². The first-order chi connectivity index (χ1) is 8.40. The molecule has 6 nitrogen and oxygen atoms in total. The molecule has 4 N–H and O–H groups in total. The van der Waals surface area contributed by atoms with Crippen LogP contribution >= 0.6 is 0 Å². The molecule has 2 heterocycles. The molecule has 17 heavy (non-hydrogen) atoms. The molecule has 88 valence electrons. The molecule has 0 fully saturated rings. The summed E-state index contributed by atoms with van der Waals surface area (Å²) in [6.45, 7) is 0. The van der Waals surface area contributed by atoms with Crippen molar-refractivity contribution in [2.75, 3.05) is 0 Å². The first-order valence-corrected chi connectivity index (χ1v) is 5.65. The van der Waals surface area contributed by atoms with Crippen molar-refractivity contribution in [3.05, 3.63) is 41.7 Å². The highest BCUT2D eigenvalue weighted by Gasteiger charge is 2.32. The fourth-order valence-corrected chi connectivity index (χ4v) is 2.52. The van der Waals surface area contributed by atoms with E-state index in [2.05, 4.69) is 31.7 Å². The van der Waals surface area contributed by atoms with Crippen LogP contribution in [-0.4, -0.2) is 20.2 Å². The van der Waals surface area contributed by atoms with Crippen molar-refractivity contribution >= 4 is 0 Å². The van der Waals surface area contributed by atoms with E-state index in [1.54, 1.807) is 0 Å². The van der Waals surface area contributed by atoms with E-state index in [4.69, 9.17) is 5.84 Å². The van der Waals surface area contributed by atoms with E-state index in [1.165, 1.54) is 11.9 Å². The molecule has 0 spiro atoms. The van der Waals surface area contributed by atoms with Gasteiger partial charge in [0.05, 0.1) is 6.04 Å². The Bertz CT molecular complexity index is 494. The summed E-state index contributed by atoms with van der Waals surface area (Å²) in [5.74, 6) is 6.65. The van der Waals surface area contributed by atoms with Crippen molar-refractivity contribution in [3.63, 3.8) is 0 Å². The lowest BCUT2D eigenvalue weighted by Crippen LogP contribution is -2.33. The molecule has 6 heteroatoms. The largest absolute Gasteiger partial charge is 0.271 e. The summed E-state index contributed by atoms with van der Waals surface area (Å²) in [7, 11) is 0. The van der Waals surface area contributed by atoms with E-state index in [9.17, 15) is 0 Å². The standard InChI is InChI=1S/C11H14N6/c12-16-10(11-14-6-15-17-11)8-4-3-7-2-1-5-13-9(7)8/h1-2,5-6,8,10,16H,3-4,12H2,(H,14,15,17). The minimum Gasteiger partial charge on any atom is -0.271 e. The van der Waals surface area contributed by atoms with Gasteiger partial charge in [-0.1, -0.05) is 6.07 Å². The quantitative estimate of drug-likeness (QED) is 0.525. The third-order valence-corrected chi connectivity index (χ3v) is 3.31. The second-order valence-corrected chi connectivity index (χ2v) is 4.21. The molecule has 0 amide bonds. The monoisotopic (exact) mass is 230 g/mol. The smallest absolute Gasteiger partial charge is 0.143 e. The van der Waals surface area contributed by atoms with Crippen molar-refractivity contribution in [2.24, 2.45) is 5.84 Å². The van der Waals surface area contributed by atoms with Gasteiger partial charge in [-0.15, -0.1) is 0 Å². The van der Waals surface area contributed by atoms with Gasteiger partial charge in [0.25, 0.3) is 0 Å². The summed E-state index contributed by atoms with van der Waals surface area (Å²) in [5.41, 5.74) is 5.23. The number of hydrazine groups is 1. The molecule has 2 unspecified atom stereocenters. The molecule has 0 saturated carbocycles. The maximum absolute atomic E-state index is 5.64. The van der Waals surface area contributed by atoms with Gasteiger partial charge in [0.2, 0.25) is 0 Å². The first kappa shape index (κ1) is 10.4. The van der Waals surface area contributed by atoms with E-state index < -0.39 is 0 Å². The Kier molecular flexibility index (Phi) is 2.58. The Morgan fingerprint density at radius 1 is 1.47 bits per heavy atom. The average molecular weight is 230 g/mol. The third kappa shape index (κ3) is 1.71. The zero-order chi connectivity index (χ0) is 11.7. The number of rotatable bonds is 3. The van der Waals surface area contributed by atoms with Crippen molar-refractivity contribution in [1.29, 1.82) is 0 Å². The topological polar surface area (TPSA) is 92.5 Å². The van der Waals surface area contributed by atoms with Crippen molar-refractivity contribution in [3.8, 4) is 0 Å². The first-order valence-electron chi connectivity index (χ1n) is 5.65. The van der Waals surface area contributed by atoms with Crippen LogP contribution in [0.5, 0.6) is 0 Å². The molecule has 1 aliphatic carbocycles. The second kappa shape index (κ2) is 4.23. The van der Waals surface area contributed by atoms with Crippen LogP contribution in [0.4, 0.5) is 0 Å². The zero-order valence-electron chi connectivity index (χ0n) is 9.30. The molecular formula is C11H14N6. The highest BCUT2D eigenvalue weighted by Crippen LogP contribution is 2.38. The third-order valence-electron chi connectivity index (χ3n) is 3.31. The molecule has 1 aliphatic rings. The predicted molar refractivity (Wildman–Crippen MR) is 61.7 cm³/mol. The van der Waals surface area contributed by atoms with Gasteiger partial charge in [-0.05, 0) is 24.5 Å². The van der Waals surface area contributed by atoms with Crippen LogP contribution < -0.4 is 11.3 Å². The highest BCUT2D eigenvalue weighted by molar-refractivity contribution is 5.30. The zero-order valence-corrected chi connectivity index (χ0v) is 9.30. The second-order valence-electron chi connectivity index (χ2n) is 4.21. The summed E-state index contributed by atoms with van der Waals surface area (Å²) in [5, 5.41) is 6.73. The molecule has 0 bridgehead atoms. The number of hydrogen-bond acceptors (Lipinski definition) is 5. The molecule has 0 saturated heterocycles. The number of aromatic amines is 1. The summed E-state index contributed by atoms with van der Waals surface area (Å²) >= 11 is 0. The maximum atomic E-state index is 5.64. The van der Waals surface area contributed by atoms with Crippen LogP contribution in [0.25, 0.3) is 0 Å². The van der Waals surface area contributed by atoms with Gasteiger partial charge in [-0.2, -0.15) is 5.10 Å². The van der Waals surface area contributed by atoms with Gasteiger partial charge in [-0.25, -0.2) is 10.4 Å². The summed E-state index contributed by atoms with van der Waals surface area (Å²) in [6, 6.07) is 4.03. The van der Waals surface area contributed by atoms with Crippen molar-refractivity contribution in [2.45, 2.75) is 24.8 Å². The minimum atomic E-state index is -0.0614. The fourth-order valence-electron chi connectivity index (χ4n) is 2.52. The van der Waals surface area contributed by atoms with Gasteiger partial charge in [0.1, 0.15) is 12.2 Å². The summed E-state index contributed by atoms with van der Waals surface area (Å²) < 4.78 is 0. The molecule has 0 radical (unpaired) electrons.